The van der Waals surface area contributed by atoms with E-state index in [4.69, 9.17) is 10.5 Å². The third kappa shape index (κ3) is 3.34. The van der Waals surface area contributed by atoms with Crippen LogP contribution in [0.3, 0.4) is 0 Å². The number of nitrogens with two attached hydrogens (primary N) is 1. The van der Waals surface area contributed by atoms with E-state index in [2.05, 4.69) is 0 Å². The van der Waals surface area contributed by atoms with Crippen molar-refractivity contribution in [2.45, 2.75) is 20.5 Å². The maximum absolute atomic E-state index is 12.7. The highest BCUT2D eigenvalue weighted by Gasteiger charge is 2.19. The second kappa shape index (κ2) is 6.89. The number of ether oxygens (including phenoxy) is 1. The van der Waals surface area contributed by atoms with Crippen LogP contribution in [0, 0.1) is 13.8 Å². The first-order valence-corrected chi connectivity index (χ1v) is 8.55. The lowest BCUT2D eigenvalue weighted by Gasteiger charge is -2.07. The summed E-state index contributed by atoms with van der Waals surface area (Å²) in [4.78, 5) is 13.8. The average Bonchev–Trinajstić information content (AvgIpc) is 2.86. The number of hydrogen-bond donors (Lipinski definition) is 1. The topological polar surface area (TPSA) is 52.3 Å². The summed E-state index contributed by atoms with van der Waals surface area (Å²) < 4.78 is 5.75. The molecule has 3 aromatic rings. The van der Waals surface area contributed by atoms with Gasteiger partial charge in [0.25, 0.3) is 0 Å². The van der Waals surface area contributed by atoms with Crippen LogP contribution in [-0.2, 0) is 6.61 Å². The van der Waals surface area contributed by atoms with Crippen LogP contribution in [0.2, 0.25) is 0 Å². The van der Waals surface area contributed by atoms with Crippen LogP contribution in [0.4, 0.5) is 5.00 Å². The summed E-state index contributed by atoms with van der Waals surface area (Å²) in [5.74, 6) is 0.700. The van der Waals surface area contributed by atoms with Crippen molar-refractivity contribution in [3.63, 3.8) is 0 Å². The zero-order valence-electron chi connectivity index (χ0n) is 13.7. The first-order chi connectivity index (χ1) is 11.6. The molecule has 0 amide bonds. The number of aryl methyl sites for hydroxylation is 1. The van der Waals surface area contributed by atoms with Crippen LogP contribution < -0.4 is 10.5 Å². The van der Waals surface area contributed by atoms with E-state index in [1.165, 1.54) is 11.3 Å². The number of rotatable bonds is 5. The highest BCUT2D eigenvalue weighted by Crippen LogP contribution is 2.31. The summed E-state index contributed by atoms with van der Waals surface area (Å²) in [6, 6.07) is 17.2. The lowest BCUT2D eigenvalue weighted by Crippen LogP contribution is -2.05. The molecule has 0 fully saturated rings. The molecule has 3 rings (SSSR count). The number of ketones is 1. The molecule has 0 saturated heterocycles. The van der Waals surface area contributed by atoms with Gasteiger partial charge in [-0.3, -0.25) is 4.79 Å². The maximum Gasteiger partial charge on any atom is 0.196 e. The Labute approximate surface area is 145 Å². The zero-order valence-corrected chi connectivity index (χ0v) is 14.5. The second-order valence-electron chi connectivity index (χ2n) is 5.65. The van der Waals surface area contributed by atoms with Crippen molar-refractivity contribution in [3.05, 3.63) is 81.7 Å². The Morgan fingerprint density at radius 3 is 2.29 bits per heavy atom. The van der Waals surface area contributed by atoms with Crippen molar-refractivity contribution in [3.8, 4) is 5.75 Å². The van der Waals surface area contributed by atoms with E-state index in [-0.39, 0.29) is 5.78 Å². The number of benzene rings is 2. The van der Waals surface area contributed by atoms with Crippen LogP contribution in [0.25, 0.3) is 0 Å². The van der Waals surface area contributed by atoms with Crippen LogP contribution in [-0.4, -0.2) is 5.78 Å². The molecule has 3 nitrogen and oxygen atoms in total. The normalized spacial score (nSPS) is 10.6. The number of thiophene rings is 1. The first-order valence-electron chi connectivity index (χ1n) is 7.73. The lowest BCUT2D eigenvalue weighted by atomic mass is 10.0. The molecule has 24 heavy (non-hydrogen) atoms. The van der Waals surface area contributed by atoms with Crippen LogP contribution in [0.1, 0.15) is 31.9 Å². The van der Waals surface area contributed by atoms with Gasteiger partial charge >= 0.3 is 0 Å². The molecule has 2 aromatic carbocycles. The fourth-order valence-electron chi connectivity index (χ4n) is 2.52. The van der Waals surface area contributed by atoms with E-state index >= 15 is 0 Å². The monoisotopic (exact) mass is 337 g/mol. The number of anilines is 1. The Bertz CT molecular complexity index is 851. The lowest BCUT2D eigenvalue weighted by molar-refractivity contribution is 0.103. The molecule has 4 heteroatoms. The fraction of sp³-hybridized carbons (Fsp3) is 0.150. The summed E-state index contributed by atoms with van der Waals surface area (Å²) in [5.41, 5.74) is 9.31. The molecule has 122 valence electrons. The average molecular weight is 337 g/mol. The molecule has 0 aliphatic rings. The molecule has 0 atom stereocenters. The minimum atomic E-state index is -0.0380. The largest absolute Gasteiger partial charge is 0.489 e. The van der Waals surface area contributed by atoms with E-state index in [0.29, 0.717) is 22.7 Å². The maximum atomic E-state index is 12.7. The predicted molar refractivity (Wildman–Crippen MR) is 98.9 cm³/mol. The fourth-order valence-corrected chi connectivity index (χ4v) is 3.46. The van der Waals surface area contributed by atoms with E-state index in [1.54, 1.807) is 12.1 Å². The summed E-state index contributed by atoms with van der Waals surface area (Å²) >= 11 is 1.46. The number of hydrogen-bond acceptors (Lipinski definition) is 4. The molecule has 0 saturated carbocycles. The molecule has 0 radical (unpaired) electrons. The summed E-state index contributed by atoms with van der Waals surface area (Å²) in [7, 11) is 0. The molecule has 0 unspecified atom stereocenters. The molecular formula is C20H19NO2S. The molecule has 1 heterocycles. The van der Waals surface area contributed by atoms with E-state index in [0.717, 1.165) is 21.8 Å². The summed E-state index contributed by atoms with van der Waals surface area (Å²) in [6.07, 6.45) is 0. The first kappa shape index (κ1) is 16.3. The van der Waals surface area contributed by atoms with Crippen molar-refractivity contribution < 1.29 is 9.53 Å². The summed E-state index contributed by atoms with van der Waals surface area (Å²) in [5, 5.41) is 0.583. The second-order valence-corrected chi connectivity index (χ2v) is 6.91. The molecule has 0 bridgehead atoms. The van der Waals surface area contributed by atoms with Gasteiger partial charge in [0.2, 0.25) is 0 Å². The van der Waals surface area contributed by atoms with Gasteiger partial charge in [0.05, 0.1) is 10.6 Å². The quantitative estimate of drug-likeness (QED) is 0.683. The van der Waals surface area contributed by atoms with Gasteiger partial charge in [-0.25, -0.2) is 0 Å². The van der Waals surface area contributed by atoms with Crippen molar-refractivity contribution in [2.75, 3.05) is 5.73 Å². The highest BCUT2D eigenvalue weighted by atomic mass is 32.1. The van der Waals surface area contributed by atoms with Crippen molar-refractivity contribution >= 4 is 22.1 Å². The molecule has 0 aliphatic carbocycles. The smallest absolute Gasteiger partial charge is 0.196 e. The third-order valence-electron chi connectivity index (χ3n) is 4.00. The highest BCUT2D eigenvalue weighted by molar-refractivity contribution is 7.16. The Morgan fingerprint density at radius 1 is 1.04 bits per heavy atom. The van der Waals surface area contributed by atoms with Crippen molar-refractivity contribution in [1.29, 1.82) is 0 Å². The van der Waals surface area contributed by atoms with E-state index < -0.39 is 0 Å². The van der Waals surface area contributed by atoms with E-state index in [9.17, 15) is 4.79 Å². The van der Waals surface area contributed by atoms with Crippen LogP contribution >= 0.6 is 11.3 Å². The SMILES string of the molecule is Cc1sc(N)c(C(=O)c2ccc(OCc3ccccc3)cc2)c1C. The molecule has 1 aromatic heterocycles. The van der Waals surface area contributed by atoms with Gasteiger partial charge in [-0.05, 0) is 49.2 Å². The predicted octanol–water partition coefficient (Wildman–Crippen LogP) is 4.76. The minimum Gasteiger partial charge on any atom is -0.489 e. The number of nitrogen functional groups attached to an aromatic ring is 1. The van der Waals surface area contributed by atoms with Crippen LogP contribution in [0.5, 0.6) is 5.75 Å². The number of carbonyl (C=O) groups is 1. The molecule has 0 spiro atoms. The minimum absolute atomic E-state index is 0.0380. The van der Waals surface area contributed by atoms with Gasteiger partial charge in [0, 0.05) is 10.4 Å². The van der Waals surface area contributed by atoms with Gasteiger partial charge in [-0.2, -0.15) is 0 Å². The Kier molecular flexibility index (Phi) is 4.67. The van der Waals surface area contributed by atoms with Gasteiger partial charge in [0.1, 0.15) is 12.4 Å². The van der Waals surface area contributed by atoms with Gasteiger partial charge in [-0.15, -0.1) is 11.3 Å². The van der Waals surface area contributed by atoms with Crippen LogP contribution in [0.15, 0.2) is 54.6 Å². The third-order valence-corrected chi connectivity index (χ3v) is 5.04. The molecule has 0 aliphatic heterocycles. The van der Waals surface area contributed by atoms with Gasteiger partial charge < -0.3 is 10.5 Å². The Morgan fingerprint density at radius 2 is 1.71 bits per heavy atom. The van der Waals surface area contributed by atoms with E-state index in [1.807, 2.05) is 56.3 Å². The standard InChI is InChI=1S/C20H19NO2S/c1-13-14(2)24-20(21)18(13)19(22)16-8-10-17(11-9-16)23-12-15-6-4-3-5-7-15/h3-11H,12,21H2,1-2H3. The summed E-state index contributed by atoms with van der Waals surface area (Å²) in [6.45, 7) is 4.42. The molecule has 2 N–H and O–H groups in total. The Hall–Kier alpha value is -2.59. The molecular weight excluding hydrogens is 318 g/mol. The zero-order chi connectivity index (χ0) is 17.1. The number of carbonyl (C=O) groups excluding carboxylic acids is 1. The van der Waals surface area contributed by atoms with Crippen molar-refractivity contribution in [2.24, 2.45) is 0 Å². The Balaban J connectivity index is 1.73. The van der Waals surface area contributed by atoms with Crippen molar-refractivity contribution in [1.82, 2.24) is 0 Å². The van der Waals surface area contributed by atoms with Gasteiger partial charge in [-0.1, -0.05) is 30.3 Å². The van der Waals surface area contributed by atoms with Gasteiger partial charge in [0.15, 0.2) is 5.78 Å².